The van der Waals surface area contributed by atoms with Crippen molar-refractivity contribution in [3.8, 4) is 5.75 Å². The fourth-order valence-electron chi connectivity index (χ4n) is 1.55. The maximum atomic E-state index is 11.6. The molecule has 0 fully saturated rings. The van der Waals surface area contributed by atoms with Crippen LogP contribution in [0.5, 0.6) is 5.75 Å². The van der Waals surface area contributed by atoms with Crippen molar-refractivity contribution >= 4 is 22.6 Å². The molecule has 0 spiro atoms. The van der Waals surface area contributed by atoms with Crippen LogP contribution in [0.15, 0.2) is 24.4 Å². The molecule has 1 aromatic carbocycles. The van der Waals surface area contributed by atoms with Crippen molar-refractivity contribution in [2.75, 3.05) is 12.8 Å². The molecular formula is C11H10N2O3. The first-order valence-corrected chi connectivity index (χ1v) is 4.59. The summed E-state index contributed by atoms with van der Waals surface area (Å²) < 4.78 is 4.62. The molecule has 1 heterocycles. The standard InChI is InChI=1S/C11H10N2O3/c1-16-11(15)9-6-3-2-4-13-7(6)5-8(14)10(9)12/h2-5,14H,12H2,1H3. The molecule has 0 amide bonds. The van der Waals surface area contributed by atoms with E-state index in [9.17, 15) is 9.90 Å². The topological polar surface area (TPSA) is 85.4 Å². The third-order valence-corrected chi connectivity index (χ3v) is 2.32. The van der Waals surface area contributed by atoms with E-state index in [1.165, 1.54) is 13.2 Å². The highest BCUT2D eigenvalue weighted by Gasteiger charge is 2.18. The molecule has 0 unspecified atom stereocenters. The van der Waals surface area contributed by atoms with Gasteiger partial charge in [0.15, 0.2) is 0 Å². The van der Waals surface area contributed by atoms with Crippen LogP contribution in [-0.2, 0) is 4.74 Å². The Morgan fingerprint density at radius 3 is 3.00 bits per heavy atom. The van der Waals surface area contributed by atoms with Gasteiger partial charge in [-0.3, -0.25) is 4.98 Å². The van der Waals surface area contributed by atoms with Crippen LogP contribution in [0, 0.1) is 0 Å². The third kappa shape index (κ3) is 1.42. The van der Waals surface area contributed by atoms with Crippen LogP contribution in [0.4, 0.5) is 5.69 Å². The number of hydrogen-bond donors (Lipinski definition) is 2. The number of hydrogen-bond acceptors (Lipinski definition) is 5. The van der Waals surface area contributed by atoms with Crippen molar-refractivity contribution in [1.82, 2.24) is 4.98 Å². The second kappa shape index (κ2) is 3.69. The molecule has 5 heteroatoms. The molecule has 0 aliphatic carbocycles. The summed E-state index contributed by atoms with van der Waals surface area (Å²) in [5.41, 5.74) is 6.29. The highest BCUT2D eigenvalue weighted by molar-refractivity contribution is 6.09. The fraction of sp³-hybridized carbons (Fsp3) is 0.0909. The molecule has 82 valence electrons. The van der Waals surface area contributed by atoms with Crippen LogP contribution in [-0.4, -0.2) is 23.2 Å². The highest BCUT2D eigenvalue weighted by atomic mass is 16.5. The molecule has 2 rings (SSSR count). The summed E-state index contributed by atoms with van der Waals surface area (Å²) in [4.78, 5) is 15.6. The van der Waals surface area contributed by atoms with Gasteiger partial charge in [-0.25, -0.2) is 4.79 Å². The van der Waals surface area contributed by atoms with Crippen molar-refractivity contribution < 1.29 is 14.6 Å². The number of aromatic nitrogens is 1. The molecule has 3 N–H and O–H groups in total. The molecular weight excluding hydrogens is 208 g/mol. The van der Waals surface area contributed by atoms with Crippen molar-refractivity contribution in [2.45, 2.75) is 0 Å². The van der Waals surface area contributed by atoms with Gasteiger partial charge in [-0.05, 0) is 6.07 Å². The van der Waals surface area contributed by atoms with E-state index in [1.807, 2.05) is 0 Å². The number of carbonyl (C=O) groups excluding carboxylic acids is 1. The van der Waals surface area contributed by atoms with Crippen LogP contribution in [0.25, 0.3) is 10.9 Å². The maximum Gasteiger partial charge on any atom is 0.340 e. The molecule has 5 nitrogen and oxygen atoms in total. The predicted octanol–water partition coefficient (Wildman–Crippen LogP) is 1.31. The number of pyridine rings is 1. The largest absolute Gasteiger partial charge is 0.506 e. The van der Waals surface area contributed by atoms with E-state index in [2.05, 4.69) is 9.72 Å². The van der Waals surface area contributed by atoms with E-state index in [0.29, 0.717) is 10.9 Å². The van der Waals surface area contributed by atoms with Crippen molar-refractivity contribution in [3.63, 3.8) is 0 Å². The summed E-state index contributed by atoms with van der Waals surface area (Å²) in [5.74, 6) is -0.766. The smallest absolute Gasteiger partial charge is 0.340 e. The van der Waals surface area contributed by atoms with Crippen LogP contribution < -0.4 is 5.73 Å². The fourth-order valence-corrected chi connectivity index (χ4v) is 1.55. The summed E-state index contributed by atoms with van der Waals surface area (Å²) in [6, 6.07) is 4.80. The summed E-state index contributed by atoms with van der Waals surface area (Å²) in [5, 5.41) is 10.1. The van der Waals surface area contributed by atoms with Gasteiger partial charge < -0.3 is 15.6 Å². The number of benzene rings is 1. The zero-order valence-corrected chi connectivity index (χ0v) is 8.60. The third-order valence-electron chi connectivity index (χ3n) is 2.32. The summed E-state index contributed by atoms with van der Waals surface area (Å²) >= 11 is 0. The lowest BCUT2D eigenvalue weighted by Gasteiger charge is -2.09. The van der Waals surface area contributed by atoms with Crippen molar-refractivity contribution in [2.24, 2.45) is 0 Å². The number of rotatable bonds is 1. The first-order valence-electron chi connectivity index (χ1n) is 4.59. The number of nitrogens with zero attached hydrogens (tertiary/aromatic N) is 1. The number of nitrogens with two attached hydrogens (primary N) is 1. The lowest BCUT2D eigenvalue weighted by atomic mass is 10.1. The number of carbonyl (C=O) groups is 1. The van der Waals surface area contributed by atoms with Gasteiger partial charge >= 0.3 is 5.97 Å². The highest BCUT2D eigenvalue weighted by Crippen LogP contribution is 2.31. The quantitative estimate of drug-likeness (QED) is 0.428. The minimum absolute atomic E-state index is 0.00681. The minimum Gasteiger partial charge on any atom is -0.506 e. The Kier molecular flexibility index (Phi) is 2.36. The predicted molar refractivity (Wildman–Crippen MR) is 59.2 cm³/mol. The Bertz CT molecular complexity index is 566. The van der Waals surface area contributed by atoms with Crippen LogP contribution in [0.1, 0.15) is 10.4 Å². The van der Waals surface area contributed by atoms with Crippen LogP contribution in [0.3, 0.4) is 0 Å². The first kappa shape index (κ1) is 10.2. The van der Waals surface area contributed by atoms with Gasteiger partial charge in [-0.1, -0.05) is 6.07 Å². The molecule has 0 aliphatic heterocycles. The lowest BCUT2D eigenvalue weighted by molar-refractivity contribution is 0.0604. The molecule has 0 atom stereocenters. The number of aromatic hydroxyl groups is 1. The Morgan fingerprint density at radius 1 is 1.56 bits per heavy atom. The SMILES string of the molecule is COC(=O)c1c(N)c(O)cc2ncccc12. The number of phenols is 1. The van der Waals surface area contributed by atoms with Gasteiger partial charge in [0, 0.05) is 17.6 Å². The van der Waals surface area contributed by atoms with E-state index in [-0.39, 0.29) is 17.0 Å². The van der Waals surface area contributed by atoms with E-state index >= 15 is 0 Å². The summed E-state index contributed by atoms with van der Waals surface area (Å²) in [6.45, 7) is 0. The monoisotopic (exact) mass is 218 g/mol. The Morgan fingerprint density at radius 2 is 2.31 bits per heavy atom. The number of fused-ring (bicyclic) bond motifs is 1. The van der Waals surface area contributed by atoms with Gasteiger partial charge in [0.25, 0.3) is 0 Å². The van der Waals surface area contributed by atoms with E-state index < -0.39 is 5.97 Å². The molecule has 0 bridgehead atoms. The van der Waals surface area contributed by atoms with E-state index in [4.69, 9.17) is 5.73 Å². The number of esters is 1. The first-order chi connectivity index (χ1) is 7.65. The number of methoxy groups -OCH3 is 1. The zero-order valence-electron chi connectivity index (χ0n) is 8.60. The Hall–Kier alpha value is -2.30. The Labute approximate surface area is 91.5 Å². The molecule has 16 heavy (non-hydrogen) atoms. The van der Waals surface area contributed by atoms with Crippen molar-refractivity contribution in [1.29, 1.82) is 0 Å². The molecule has 0 radical (unpaired) electrons. The number of ether oxygens (including phenoxy) is 1. The average Bonchev–Trinajstić information content (AvgIpc) is 2.30. The summed E-state index contributed by atoms with van der Waals surface area (Å²) in [7, 11) is 1.26. The van der Waals surface area contributed by atoms with Crippen molar-refractivity contribution in [3.05, 3.63) is 30.0 Å². The Balaban J connectivity index is 2.87. The average molecular weight is 218 g/mol. The second-order valence-corrected chi connectivity index (χ2v) is 3.25. The van der Waals surface area contributed by atoms with Gasteiger partial charge in [0.2, 0.25) is 0 Å². The van der Waals surface area contributed by atoms with Gasteiger partial charge in [-0.2, -0.15) is 0 Å². The van der Waals surface area contributed by atoms with Crippen LogP contribution in [0.2, 0.25) is 0 Å². The molecule has 2 aromatic rings. The van der Waals surface area contributed by atoms with E-state index in [0.717, 1.165) is 0 Å². The van der Waals surface area contributed by atoms with Gasteiger partial charge in [0.05, 0.1) is 23.9 Å². The molecule has 1 aromatic heterocycles. The van der Waals surface area contributed by atoms with E-state index in [1.54, 1.807) is 18.3 Å². The lowest BCUT2D eigenvalue weighted by Crippen LogP contribution is -2.07. The molecule has 0 saturated heterocycles. The maximum absolute atomic E-state index is 11.6. The second-order valence-electron chi connectivity index (χ2n) is 3.25. The minimum atomic E-state index is -0.591. The molecule has 0 aliphatic rings. The number of nitrogen functional groups attached to an aromatic ring is 1. The van der Waals surface area contributed by atoms with Gasteiger partial charge in [0.1, 0.15) is 5.75 Å². The number of phenolic OH excluding ortho intramolecular Hbond substituents is 1. The number of anilines is 1. The van der Waals surface area contributed by atoms with Crippen LogP contribution >= 0.6 is 0 Å². The molecule has 0 saturated carbocycles. The normalized spacial score (nSPS) is 10.3. The summed E-state index contributed by atoms with van der Waals surface area (Å²) in [6.07, 6.45) is 1.57. The zero-order chi connectivity index (χ0) is 11.7. The van der Waals surface area contributed by atoms with Gasteiger partial charge in [-0.15, -0.1) is 0 Å².